The van der Waals surface area contributed by atoms with Crippen molar-refractivity contribution in [1.29, 1.82) is 0 Å². The predicted molar refractivity (Wildman–Crippen MR) is 81.8 cm³/mol. The Balaban J connectivity index is 2.00. The summed E-state index contributed by atoms with van der Waals surface area (Å²) in [4.78, 5) is 15.4. The number of rotatable bonds is 2. The molecule has 0 radical (unpaired) electrons. The minimum atomic E-state index is 0.0297. The van der Waals surface area contributed by atoms with Gasteiger partial charge in [0.2, 0.25) is 0 Å². The summed E-state index contributed by atoms with van der Waals surface area (Å²) in [5, 5.41) is 10.5. The first kappa shape index (κ1) is 12.1. The number of benzene rings is 1. The van der Waals surface area contributed by atoms with Crippen molar-refractivity contribution in [3.05, 3.63) is 47.9 Å². The molecule has 0 aliphatic heterocycles. The number of nitrogens with one attached hydrogen (secondary N) is 2. The van der Waals surface area contributed by atoms with Crippen LogP contribution in [0.2, 0.25) is 0 Å². The first-order valence-corrected chi connectivity index (χ1v) is 6.79. The molecule has 3 aromatic heterocycles. The third-order valence-corrected chi connectivity index (χ3v) is 3.72. The second-order valence-corrected chi connectivity index (χ2v) is 5.10. The van der Waals surface area contributed by atoms with Gasteiger partial charge >= 0.3 is 0 Å². The van der Waals surface area contributed by atoms with Crippen molar-refractivity contribution in [2.45, 2.75) is 13.5 Å². The quantitative estimate of drug-likeness (QED) is 0.527. The van der Waals surface area contributed by atoms with E-state index in [0.29, 0.717) is 0 Å². The first-order valence-electron chi connectivity index (χ1n) is 6.79. The topological polar surface area (TPSA) is 77.6 Å². The molecule has 4 rings (SSSR count). The van der Waals surface area contributed by atoms with E-state index in [4.69, 9.17) is 0 Å². The molecule has 3 heterocycles. The number of aliphatic hydroxyl groups excluding tert-OH is 1. The van der Waals surface area contributed by atoms with Crippen molar-refractivity contribution in [2.75, 3.05) is 0 Å². The molecule has 4 aromatic rings. The molecule has 5 nitrogen and oxygen atoms in total. The fraction of sp³-hybridized carbons (Fsp3) is 0.125. The van der Waals surface area contributed by atoms with Crippen LogP contribution in [0.5, 0.6) is 0 Å². The highest BCUT2D eigenvalue weighted by Crippen LogP contribution is 2.30. The molecule has 0 unspecified atom stereocenters. The summed E-state index contributed by atoms with van der Waals surface area (Å²) in [6.07, 6.45) is 1.77. The van der Waals surface area contributed by atoms with E-state index >= 15 is 0 Å². The molecule has 3 N–H and O–H groups in total. The van der Waals surface area contributed by atoms with Crippen LogP contribution in [-0.4, -0.2) is 25.0 Å². The molecule has 21 heavy (non-hydrogen) atoms. The molecule has 0 atom stereocenters. The van der Waals surface area contributed by atoms with Gasteiger partial charge in [-0.15, -0.1) is 0 Å². The number of hydrogen-bond acceptors (Lipinski definition) is 3. The molecular formula is C16H14N4O. The number of aliphatic hydroxyl groups is 1. The number of aryl methyl sites for hydroxylation is 1. The van der Waals surface area contributed by atoms with Crippen LogP contribution in [0, 0.1) is 6.92 Å². The van der Waals surface area contributed by atoms with Crippen molar-refractivity contribution in [2.24, 2.45) is 0 Å². The minimum Gasteiger partial charge on any atom is -0.392 e. The zero-order chi connectivity index (χ0) is 14.4. The second-order valence-electron chi connectivity index (χ2n) is 5.10. The van der Waals surface area contributed by atoms with Crippen molar-refractivity contribution in [3.8, 4) is 11.3 Å². The summed E-state index contributed by atoms with van der Waals surface area (Å²) >= 11 is 0. The molecule has 0 saturated carbocycles. The fourth-order valence-electron chi connectivity index (χ4n) is 2.74. The Labute approximate surface area is 120 Å². The Morgan fingerprint density at radius 2 is 2.10 bits per heavy atom. The lowest BCUT2D eigenvalue weighted by molar-refractivity contribution is 0.283. The van der Waals surface area contributed by atoms with Gasteiger partial charge in [0.05, 0.1) is 6.61 Å². The molecule has 0 fully saturated rings. The van der Waals surface area contributed by atoms with Crippen molar-refractivity contribution in [3.63, 3.8) is 0 Å². The van der Waals surface area contributed by atoms with Crippen molar-refractivity contribution in [1.82, 2.24) is 19.9 Å². The molecular weight excluding hydrogens is 264 g/mol. The highest BCUT2D eigenvalue weighted by atomic mass is 16.3. The van der Waals surface area contributed by atoms with Crippen LogP contribution >= 0.6 is 0 Å². The Morgan fingerprint density at radius 1 is 1.19 bits per heavy atom. The van der Waals surface area contributed by atoms with E-state index in [1.54, 1.807) is 6.20 Å². The van der Waals surface area contributed by atoms with Crippen molar-refractivity contribution < 1.29 is 5.11 Å². The van der Waals surface area contributed by atoms with Gasteiger partial charge in [0, 0.05) is 28.4 Å². The van der Waals surface area contributed by atoms with Crippen LogP contribution in [-0.2, 0) is 6.61 Å². The predicted octanol–water partition coefficient (Wildman–Crippen LogP) is 2.91. The fourth-order valence-corrected chi connectivity index (χ4v) is 2.74. The number of nitrogens with zero attached hydrogens (tertiary/aromatic N) is 2. The van der Waals surface area contributed by atoms with Gasteiger partial charge in [0.1, 0.15) is 11.3 Å². The smallest absolute Gasteiger partial charge is 0.158 e. The molecule has 0 aliphatic rings. The molecule has 0 saturated heterocycles. The van der Waals surface area contributed by atoms with Gasteiger partial charge in [-0.2, -0.15) is 0 Å². The molecule has 0 amide bonds. The van der Waals surface area contributed by atoms with E-state index in [1.165, 1.54) is 0 Å². The summed E-state index contributed by atoms with van der Waals surface area (Å²) in [5.74, 6) is 0.845. The lowest BCUT2D eigenvalue weighted by Crippen LogP contribution is -1.82. The van der Waals surface area contributed by atoms with E-state index < -0.39 is 0 Å². The number of fused-ring (bicyclic) bond motifs is 2. The van der Waals surface area contributed by atoms with Crippen LogP contribution in [0.1, 0.15) is 11.4 Å². The van der Waals surface area contributed by atoms with Gasteiger partial charge in [0.25, 0.3) is 0 Å². The Hall–Kier alpha value is -2.66. The monoisotopic (exact) mass is 278 g/mol. The number of aromatic nitrogens is 4. The average Bonchev–Trinajstić information content (AvgIpc) is 3.08. The largest absolute Gasteiger partial charge is 0.392 e. The zero-order valence-corrected chi connectivity index (χ0v) is 11.5. The number of imidazole rings is 1. The number of aromatic amines is 2. The van der Waals surface area contributed by atoms with E-state index in [2.05, 4.69) is 26.0 Å². The zero-order valence-electron chi connectivity index (χ0n) is 11.5. The Morgan fingerprint density at radius 3 is 2.95 bits per heavy atom. The highest BCUT2D eigenvalue weighted by Gasteiger charge is 2.12. The maximum Gasteiger partial charge on any atom is 0.158 e. The van der Waals surface area contributed by atoms with Crippen LogP contribution in [0.4, 0.5) is 0 Å². The molecule has 5 heteroatoms. The minimum absolute atomic E-state index is 0.0297. The first-order chi connectivity index (χ1) is 10.3. The van der Waals surface area contributed by atoms with Gasteiger partial charge in [-0.05, 0) is 30.7 Å². The highest BCUT2D eigenvalue weighted by molar-refractivity contribution is 5.94. The van der Waals surface area contributed by atoms with Gasteiger partial charge in [-0.1, -0.05) is 12.1 Å². The molecule has 0 bridgehead atoms. The van der Waals surface area contributed by atoms with Gasteiger partial charge in [0.15, 0.2) is 5.65 Å². The lowest BCUT2D eigenvalue weighted by atomic mass is 10.1. The SMILES string of the molecule is Cc1nc2c(-c3cc4c(CO)cccc4[nH]3)ccnc2[nH]1. The van der Waals surface area contributed by atoms with E-state index in [9.17, 15) is 5.11 Å². The standard InChI is InChI=1S/C16H14N4O/c1-9-18-15-11(5-6-17-16(15)19-9)14-7-12-10(8-21)3-2-4-13(12)20-14/h2-7,20-21H,8H2,1H3,(H,17,18,19). The number of hydrogen-bond donors (Lipinski definition) is 3. The van der Waals surface area contributed by atoms with E-state index in [-0.39, 0.29) is 6.61 Å². The normalized spacial score (nSPS) is 11.5. The van der Waals surface area contributed by atoms with Crippen LogP contribution < -0.4 is 0 Å². The maximum absolute atomic E-state index is 9.45. The lowest BCUT2D eigenvalue weighted by Gasteiger charge is -1.98. The van der Waals surface area contributed by atoms with Crippen LogP contribution in [0.3, 0.4) is 0 Å². The number of H-pyrrole nitrogens is 2. The third kappa shape index (κ3) is 1.82. The van der Waals surface area contributed by atoms with Crippen LogP contribution in [0.25, 0.3) is 33.3 Å². The van der Waals surface area contributed by atoms with Crippen molar-refractivity contribution >= 4 is 22.1 Å². The number of pyridine rings is 1. The Bertz CT molecular complexity index is 951. The molecule has 0 spiro atoms. The average molecular weight is 278 g/mol. The molecule has 0 aliphatic carbocycles. The second kappa shape index (κ2) is 4.43. The van der Waals surface area contributed by atoms with E-state index in [1.807, 2.05) is 31.2 Å². The van der Waals surface area contributed by atoms with Crippen LogP contribution in [0.15, 0.2) is 36.5 Å². The van der Waals surface area contributed by atoms with Gasteiger partial charge in [-0.25, -0.2) is 9.97 Å². The summed E-state index contributed by atoms with van der Waals surface area (Å²) in [7, 11) is 0. The molecule has 1 aromatic carbocycles. The third-order valence-electron chi connectivity index (χ3n) is 3.72. The summed E-state index contributed by atoms with van der Waals surface area (Å²) < 4.78 is 0. The molecule has 104 valence electrons. The summed E-state index contributed by atoms with van der Waals surface area (Å²) in [6, 6.07) is 9.88. The summed E-state index contributed by atoms with van der Waals surface area (Å²) in [6.45, 7) is 1.95. The maximum atomic E-state index is 9.45. The van der Waals surface area contributed by atoms with Gasteiger partial charge < -0.3 is 15.1 Å². The van der Waals surface area contributed by atoms with Gasteiger partial charge in [-0.3, -0.25) is 0 Å². The Kier molecular flexibility index (Phi) is 2.55. The summed E-state index contributed by atoms with van der Waals surface area (Å²) in [5.41, 5.74) is 5.54. The van der Waals surface area contributed by atoms with E-state index in [0.717, 1.165) is 44.7 Å².